The first-order chi connectivity index (χ1) is 16.6. The molecule has 2 aliphatic heterocycles. The topological polar surface area (TPSA) is 41.4 Å². The smallest absolute Gasteiger partial charge is 0.258 e. The number of fused-ring (bicyclic) bond motifs is 2. The lowest BCUT2D eigenvalue weighted by atomic mass is 9.94. The highest BCUT2D eigenvalue weighted by Crippen LogP contribution is 2.34. The van der Waals surface area contributed by atoms with E-state index in [0.29, 0.717) is 12.0 Å². The van der Waals surface area contributed by atoms with Crippen LogP contribution in [0.1, 0.15) is 49.6 Å². The molecule has 0 N–H and O–H groups in total. The molecule has 0 amide bonds. The van der Waals surface area contributed by atoms with Crippen LogP contribution in [0.5, 0.6) is 0 Å². The van der Waals surface area contributed by atoms with E-state index in [1.807, 2.05) is 13.0 Å². The van der Waals surface area contributed by atoms with Gasteiger partial charge in [0.05, 0.1) is 5.52 Å². The van der Waals surface area contributed by atoms with Crippen LogP contribution >= 0.6 is 0 Å². The summed E-state index contributed by atoms with van der Waals surface area (Å²) in [7, 11) is 0. The maximum atomic E-state index is 13.9. The van der Waals surface area contributed by atoms with Crippen LogP contribution in [0.2, 0.25) is 0 Å². The average molecular weight is 457 g/mol. The molecule has 1 aliphatic carbocycles. The molecule has 3 aromatic rings. The number of piperidine rings is 1. The Morgan fingerprint density at radius 3 is 2.59 bits per heavy atom. The van der Waals surface area contributed by atoms with Gasteiger partial charge in [-0.15, -0.1) is 0 Å². The largest absolute Gasteiger partial charge is 0.311 e. The Kier molecular flexibility index (Phi) is 5.78. The van der Waals surface area contributed by atoms with Gasteiger partial charge in [0, 0.05) is 54.4 Å². The minimum atomic E-state index is 0.184. The number of benzene rings is 1. The van der Waals surface area contributed by atoms with Gasteiger partial charge in [-0.3, -0.25) is 14.7 Å². The predicted octanol–water partition coefficient (Wildman–Crippen LogP) is 4.62. The molecule has 2 aromatic heterocycles. The van der Waals surface area contributed by atoms with Crippen molar-refractivity contribution in [3.8, 4) is 11.1 Å². The van der Waals surface area contributed by atoms with E-state index in [-0.39, 0.29) is 5.56 Å². The highest BCUT2D eigenvalue weighted by molar-refractivity contribution is 5.94. The molecular weight excluding hydrogens is 420 g/mol. The zero-order chi connectivity index (χ0) is 23.2. The molecule has 0 unspecified atom stereocenters. The number of likely N-dealkylation sites (tertiary alicyclic amines) is 1. The molecule has 0 radical (unpaired) electrons. The molecule has 1 saturated carbocycles. The molecular formula is C29H36N4O. The van der Waals surface area contributed by atoms with E-state index < -0.39 is 0 Å². The number of aromatic nitrogens is 2. The molecule has 4 heterocycles. The molecule has 0 spiro atoms. The second kappa shape index (κ2) is 8.94. The summed E-state index contributed by atoms with van der Waals surface area (Å²) in [5.74, 6) is 0.672. The van der Waals surface area contributed by atoms with Crippen LogP contribution in [0, 0.1) is 12.8 Å². The van der Waals surface area contributed by atoms with Gasteiger partial charge in [0.2, 0.25) is 0 Å². The lowest BCUT2D eigenvalue weighted by molar-refractivity contribution is 0.0993. The fraction of sp³-hybridized carbons (Fsp3) is 0.517. The quantitative estimate of drug-likeness (QED) is 0.562. The van der Waals surface area contributed by atoms with Gasteiger partial charge in [0.15, 0.2) is 0 Å². The van der Waals surface area contributed by atoms with Crippen molar-refractivity contribution in [2.75, 3.05) is 26.2 Å². The minimum absolute atomic E-state index is 0.184. The summed E-state index contributed by atoms with van der Waals surface area (Å²) in [6.07, 6.45) is 6.01. The van der Waals surface area contributed by atoms with Crippen molar-refractivity contribution in [2.24, 2.45) is 5.92 Å². The summed E-state index contributed by atoms with van der Waals surface area (Å²) in [6, 6.07) is 13.3. The molecule has 6 rings (SSSR count). The Labute approximate surface area is 202 Å². The van der Waals surface area contributed by atoms with Crippen molar-refractivity contribution in [1.29, 1.82) is 0 Å². The molecule has 3 aliphatic rings. The second-order valence-electron chi connectivity index (χ2n) is 10.6. The summed E-state index contributed by atoms with van der Waals surface area (Å²) in [5.41, 5.74) is 6.67. The van der Waals surface area contributed by atoms with E-state index in [0.717, 1.165) is 60.3 Å². The van der Waals surface area contributed by atoms with E-state index in [1.165, 1.54) is 50.0 Å². The van der Waals surface area contributed by atoms with Crippen molar-refractivity contribution >= 4 is 10.9 Å². The zero-order valence-electron chi connectivity index (χ0n) is 20.6. The Bertz CT molecular complexity index is 1270. The number of rotatable bonds is 5. The van der Waals surface area contributed by atoms with Crippen LogP contribution in [0.25, 0.3) is 22.0 Å². The predicted molar refractivity (Wildman–Crippen MR) is 138 cm³/mol. The summed E-state index contributed by atoms with van der Waals surface area (Å²) in [4.78, 5) is 23.9. The number of hydrogen-bond donors (Lipinski definition) is 0. The van der Waals surface area contributed by atoms with E-state index in [1.54, 1.807) is 0 Å². The zero-order valence-corrected chi connectivity index (χ0v) is 20.6. The highest BCUT2D eigenvalue weighted by atomic mass is 16.1. The fourth-order valence-electron chi connectivity index (χ4n) is 6.09. The Hall–Kier alpha value is -2.50. The van der Waals surface area contributed by atoms with Gasteiger partial charge in [-0.1, -0.05) is 25.1 Å². The molecule has 34 heavy (non-hydrogen) atoms. The minimum Gasteiger partial charge on any atom is -0.311 e. The Morgan fingerprint density at radius 1 is 1.00 bits per heavy atom. The highest BCUT2D eigenvalue weighted by Gasteiger charge is 2.31. The third-order valence-electron chi connectivity index (χ3n) is 8.32. The van der Waals surface area contributed by atoms with E-state index in [9.17, 15) is 4.79 Å². The lowest BCUT2D eigenvalue weighted by Gasteiger charge is -2.41. The first-order valence-electron chi connectivity index (χ1n) is 13.2. The van der Waals surface area contributed by atoms with E-state index in [2.05, 4.69) is 51.6 Å². The Morgan fingerprint density at radius 2 is 1.82 bits per heavy atom. The normalized spacial score (nSPS) is 20.1. The van der Waals surface area contributed by atoms with Crippen molar-refractivity contribution in [1.82, 2.24) is 19.4 Å². The van der Waals surface area contributed by atoms with Crippen LogP contribution in [0.3, 0.4) is 0 Å². The molecule has 1 aromatic carbocycles. The van der Waals surface area contributed by atoms with Gasteiger partial charge >= 0.3 is 0 Å². The van der Waals surface area contributed by atoms with Crippen molar-refractivity contribution < 1.29 is 0 Å². The number of aryl methyl sites for hydroxylation is 1. The third-order valence-corrected chi connectivity index (χ3v) is 8.32. The van der Waals surface area contributed by atoms with Crippen LogP contribution in [0.15, 0.2) is 41.2 Å². The van der Waals surface area contributed by atoms with Gasteiger partial charge < -0.3 is 9.47 Å². The summed E-state index contributed by atoms with van der Waals surface area (Å²) >= 11 is 0. The number of nitrogens with zero attached hydrogens (tertiary/aromatic N) is 4. The van der Waals surface area contributed by atoms with Crippen LogP contribution in [0.4, 0.5) is 0 Å². The number of pyridine rings is 2. The molecule has 0 atom stereocenters. The van der Waals surface area contributed by atoms with Gasteiger partial charge in [0.1, 0.15) is 0 Å². The standard InChI is InChI=1S/C29H36N4O/c1-3-31-14-11-23(12-15-31)32-16-13-28-22(19-32)17-26(29(34)33(28)18-21-8-9-21)24-5-4-6-27-25(24)10-7-20(2)30-27/h4-7,10,17,21,23H,3,8-9,11-16,18-19H2,1-2H3. The van der Waals surface area contributed by atoms with Gasteiger partial charge in [-0.05, 0) is 87.5 Å². The fourth-order valence-corrected chi connectivity index (χ4v) is 6.09. The maximum absolute atomic E-state index is 13.9. The Balaban J connectivity index is 1.41. The van der Waals surface area contributed by atoms with Gasteiger partial charge in [0.25, 0.3) is 5.56 Å². The van der Waals surface area contributed by atoms with Crippen LogP contribution < -0.4 is 5.56 Å². The first kappa shape index (κ1) is 22.0. The van der Waals surface area contributed by atoms with E-state index in [4.69, 9.17) is 4.98 Å². The molecule has 5 heteroatoms. The van der Waals surface area contributed by atoms with Crippen molar-refractivity contribution in [3.63, 3.8) is 0 Å². The molecule has 5 nitrogen and oxygen atoms in total. The molecule has 1 saturated heterocycles. The van der Waals surface area contributed by atoms with E-state index >= 15 is 0 Å². The van der Waals surface area contributed by atoms with Crippen molar-refractivity contribution in [3.05, 3.63) is 63.7 Å². The SMILES string of the molecule is CCN1CCC(N2CCc3c(cc(-c4cccc5nc(C)ccc45)c(=O)n3CC3CC3)C2)CC1. The molecule has 178 valence electrons. The van der Waals surface area contributed by atoms with Crippen molar-refractivity contribution in [2.45, 2.75) is 65.1 Å². The van der Waals surface area contributed by atoms with Crippen LogP contribution in [-0.2, 0) is 19.5 Å². The first-order valence-corrected chi connectivity index (χ1v) is 13.2. The van der Waals surface area contributed by atoms with Gasteiger partial charge in [-0.25, -0.2) is 0 Å². The summed E-state index contributed by atoms with van der Waals surface area (Å²) in [5, 5.41) is 1.07. The average Bonchev–Trinajstić information content (AvgIpc) is 3.69. The second-order valence-corrected chi connectivity index (χ2v) is 10.6. The summed E-state index contributed by atoms with van der Waals surface area (Å²) < 4.78 is 2.15. The maximum Gasteiger partial charge on any atom is 0.258 e. The molecule has 0 bridgehead atoms. The third kappa shape index (κ3) is 4.09. The number of hydrogen-bond acceptors (Lipinski definition) is 4. The lowest BCUT2D eigenvalue weighted by Crippen LogP contribution is -2.47. The van der Waals surface area contributed by atoms with Crippen LogP contribution in [-0.4, -0.2) is 51.6 Å². The summed E-state index contributed by atoms with van der Waals surface area (Å²) in [6.45, 7) is 10.8. The molecule has 2 fully saturated rings. The van der Waals surface area contributed by atoms with Gasteiger partial charge in [-0.2, -0.15) is 0 Å². The monoisotopic (exact) mass is 456 g/mol.